The van der Waals surface area contributed by atoms with Gasteiger partial charge in [0.15, 0.2) is 6.10 Å². The van der Waals surface area contributed by atoms with Gasteiger partial charge < -0.3 is 25.8 Å². The minimum atomic E-state index is -0.978. The number of carbonyl (C=O) groups excluding carboxylic acids is 3. The average Bonchev–Trinajstić information content (AvgIpc) is 2.55. The van der Waals surface area contributed by atoms with Crippen LogP contribution >= 0.6 is 11.6 Å². The highest BCUT2D eigenvalue weighted by Gasteiger charge is 2.26. The molecule has 0 bridgehead atoms. The Kier molecular flexibility index (Phi) is 7.56. The van der Waals surface area contributed by atoms with E-state index in [9.17, 15) is 24.5 Å². The molecule has 0 spiro atoms. The summed E-state index contributed by atoms with van der Waals surface area (Å²) in [6.45, 7) is 0.875. The molecule has 0 aliphatic carbocycles. The van der Waals surface area contributed by atoms with E-state index in [0.29, 0.717) is 13.2 Å². The number of carbonyl (C=O) groups is 3. The average molecular weight is 375 g/mol. The van der Waals surface area contributed by atoms with E-state index in [-0.39, 0.29) is 18.0 Å². The van der Waals surface area contributed by atoms with Crippen LogP contribution in [0.3, 0.4) is 0 Å². The number of nitro benzene ring substituents is 1. The molecule has 1 saturated heterocycles. The van der Waals surface area contributed by atoms with Gasteiger partial charge in [-0.1, -0.05) is 0 Å². The molecule has 1 atom stereocenters. The van der Waals surface area contributed by atoms with Crippen LogP contribution in [0.4, 0.5) is 15.3 Å². The number of amides is 3. The van der Waals surface area contributed by atoms with Crippen molar-refractivity contribution in [3.63, 3.8) is 0 Å². The van der Waals surface area contributed by atoms with Crippen LogP contribution in [-0.4, -0.2) is 53.0 Å². The summed E-state index contributed by atoms with van der Waals surface area (Å²) in [5.74, 6) is -0.397. The number of primary amides is 2. The lowest BCUT2D eigenvalue weighted by Crippen LogP contribution is -2.51. The van der Waals surface area contributed by atoms with Crippen molar-refractivity contribution in [2.75, 3.05) is 19.7 Å². The Morgan fingerprint density at radius 3 is 2.32 bits per heavy atom. The number of rotatable bonds is 3. The Balaban J connectivity index is 0.000000251. The zero-order chi connectivity index (χ0) is 19.0. The maximum absolute atomic E-state index is 10.7. The third kappa shape index (κ3) is 7.01. The van der Waals surface area contributed by atoms with Crippen LogP contribution in [0.15, 0.2) is 24.3 Å². The molecule has 12 heteroatoms. The molecule has 136 valence electrons. The summed E-state index contributed by atoms with van der Waals surface area (Å²) in [7, 11) is 0. The molecule has 1 heterocycles. The quantitative estimate of drug-likeness (QED) is 0.443. The Labute approximate surface area is 146 Å². The van der Waals surface area contributed by atoms with Gasteiger partial charge in [-0.15, -0.1) is 0 Å². The van der Waals surface area contributed by atoms with Crippen LogP contribution in [0.1, 0.15) is 0 Å². The van der Waals surface area contributed by atoms with E-state index in [0.717, 1.165) is 0 Å². The van der Waals surface area contributed by atoms with Crippen LogP contribution in [0, 0.1) is 10.1 Å². The minimum Gasteiger partial charge on any atom is -0.414 e. The van der Waals surface area contributed by atoms with Gasteiger partial charge >= 0.3 is 11.5 Å². The second kappa shape index (κ2) is 9.39. The molecule has 4 N–H and O–H groups in total. The summed E-state index contributed by atoms with van der Waals surface area (Å²) >= 11 is 4.92. The lowest BCUT2D eigenvalue weighted by molar-refractivity contribution is -0.384. The topological polar surface area (TPSA) is 168 Å². The first-order chi connectivity index (χ1) is 11.7. The predicted octanol–water partition coefficient (Wildman–Crippen LogP) is 0.584. The molecule has 1 aromatic carbocycles. The summed E-state index contributed by atoms with van der Waals surface area (Å²) in [6.07, 6.45) is -0.716. The third-order valence-corrected chi connectivity index (χ3v) is 3.02. The van der Waals surface area contributed by atoms with Gasteiger partial charge in [0, 0.05) is 30.3 Å². The van der Waals surface area contributed by atoms with Crippen molar-refractivity contribution < 1.29 is 28.8 Å². The van der Waals surface area contributed by atoms with Crippen LogP contribution in [0.25, 0.3) is 0 Å². The lowest BCUT2D eigenvalue weighted by Gasteiger charge is -2.29. The number of benzene rings is 1. The molecule has 25 heavy (non-hydrogen) atoms. The number of nitro groups is 1. The van der Waals surface area contributed by atoms with E-state index in [1.165, 1.54) is 29.2 Å². The summed E-state index contributed by atoms with van der Waals surface area (Å²) in [5, 5.41) is 10.2. The van der Waals surface area contributed by atoms with E-state index < -0.39 is 28.4 Å². The molecule has 1 fully saturated rings. The smallest absolute Gasteiger partial charge is 0.409 e. The molecule has 0 aromatic heterocycles. The van der Waals surface area contributed by atoms with Crippen LogP contribution in [0.2, 0.25) is 0 Å². The van der Waals surface area contributed by atoms with E-state index in [1.807, 2.05) is 0 Å². The van der Waals surface area contributed by atoms with Gasteiger partial charge in [0.1, 0.15) is 5.75 Å². The first kappa shape index (κ1) is 20.1. The Hall–Kier alpha value is -2.92. The van der Waals surface area contributed by atoms with Crippen molar-refractivity contribution in [3.05, 3.63) is 34.4 Å². The zero-order valence-electron chi connectivity index (χ0n) is 12.8. The number of morpholine rings is 1. The fourth-order valence-electron chi connectivity index (χ4n) is 1.75. The Morgan fingerprint density at radius 2 is 1.88 bits per heavy atom. The molecule has 1 aliphatic heterocycles. The summed E-state index contributed by atoms with van der Waals surface area (Å²) in [5.41, 5.74) is 8.94. The van der Waals surface area contributed by atoms with E-state index in [4.69, 9.17) is 27.8 Å². The number of non-ortho nitro benzene ring substituents is 1. The monoisotopic (exact) mass is 374 g/mol. The maximum atomic E-state index is 10.7. The fourth-order valence-corrected chi connectivity index (χ4v) is 1.84. The lowest BCUT2D eigenvalue weighted by atomic mass is 10.3. The fraction of sp³-hybridized carbons (Fsp3) is 0.308. The van der Waals surface area contributed by atoms with Crippen molar-refractivity contribution in [3.8, 4) is 5.75 Å². The normalized spacial score (nSPS) is 16.2. The molecular weight excluding hydrogens is 360 g/mol. The first-order valence-corrected chi connectivity index (χ1v) is 7.15. The Morgan fingerprint density at radius 1 is 1.28 bits per heavy atom. The summed E-state index contributed by atoms with van der Waals surface area (Å²) in [4.78, 5) is 42.5. The van der Waals surface area contributed by atoms with E-state index in [1.54, 1.807) is 0 Å². The highest BCUT2D eigenvalue weighted by molar-refractivity contribution is 6.61. The number of ether oxygens (including phenoxy) is 2. The highest BCUT2D eigenvalue weighted by atomic mass is 35.5. The van der Waals surface area contributed by atoms with Gasteiger partial charge in [-0.3, -0.25) is 14.9 Å². The van der Waals surface area contributed by atoms with Crippen molar-refractivity contribution in [2.45, 2.75) is 6.10 Å². The molecule has 3 amide bonds. The van der Waals surface area contributed by atoms with Crippen molar-refractivity contribution in [2.24, 2.45) is 11.5 Å². The van der Waals surface area contributed by atoms with E-state index in [2.05, 4.69) is 4.74 Å². The molecule has 1 aliphatic rings. The molecule has 0 saturated carbocycles. The van der Waals surface area contributed by atoms with Crippen molar-refractivity contribution in [1.29, 1.82) is 0 Å². The second-order valence-corrected chi connectivity index (χ2v) is 4.95. The molecule has 2 rings (SSSR count). The number of hydrogen-bond acceptors (Lipinski definition) is 7. The zero-order valence-corrected chi connectivity index (χ0v) is 13.5. The molecular formula is C13H15ClN4O7. The molecule has 11 nitrogen and oxygen atoms in total. The third-order valence-electron chi connectivity index (χ3n) is 2.94. The SMILES string of the molecule is NC(=O)C1CN(C(N)=O)CCO1.O=C(Cl)Oc1ccc([N+](=O)[O-])cc1. The highest BCUT2D eigenvalue weighted by Crippen LogP contribution is 2.17. The first-order valence-electron chi connectivity index (χ1n) is 6.77. The van der Waals surface area contributed by atoms with Crippen molar-refractivity contribution >= 4 is 34.7 Å². The Bertz CT molecular complexity index is 632. The summed E-state index contributed by atoms with van der Waals surface area (Å²) in [6, 6.07) is 4.46. The minimum absolute atomic E-state index is 0.0747. The molecule has 1 aromatic rings. The van der Waals surface area contributed by atoms with Gasteiger partial charge in [-0.2, -0.15) is 0 Å². The van der Waals surface area contributed by atoms with Gasteiger partial charge in [0.05, 0.1) is 18.1 Å². The van der Waals surface area contributed by atoms with Gasteiger partial charge in [0.2, 0.25) is 5.91 Å². The maximum Gasteiger partial charge on any atom is 0.409 e. The predicted molar refractivity (Wildman–Crippen MR) is 85.1 cm³/mol. The second-order valence-electron chi connectivity index (χ2n) is 4.64. The number of nitrogens with two attached hydrogens (primary N) is 2. The standard InChI is InChI=1S/C7H4ClNO4.C6H11N3O3/c8-7(10)13-6-3-1-5(2-4-6)9(11)12;7-5(10)4-3-9(6(8)11)1-2-12-4/h1-4H;4H,1-3H2,(H2,7,10)(H2,8,11). The van der Waals surface area contributed by atoms with Gasteiger partial charge in [-0.25, -0.2) is 9.59 Å². The molecule has 0 radical (unpaired) electrons. The number of halogens is 1. The van der Waals surface area contributed by atoms with E-state index >= 15 is 0 Å². The number of hydrogen-bond donors (Lipinski definition) is 2. The largest absolute Gasteiger partial charge is 0.414 e. The van der Waals surface area contributed by atoms with Crippen LogP contribution in [-0.2, 0) is 9.53 Å². The van der Waals surface area contributed by atoms with Gasteiger partial charge in [0.25, 0.3) is 5.69 Å². The van der Waals surface area contributed by atoms with Crippen molar-refractivity contribution in [1.82, 2.24) is 4.90 Å². The van der Waals surface area contributed by atoms with Crippen LogP contribution in [0.5, 0.6) is 5.75 Å². The van der Waals surface area contributed by atoms with Crippen LogP contribution < -0.4 is 16.2 Å². The summed E-state index contributed by atoms with van der Waals surface area (Å²) < 4.78 is 9.45. The number of urea groups is 1. The van der Waals surface area contributed by atoms with Gasteiger partial charge in [-0.05, 0) is 12.1 Å². The molecule has 1 unspecified atom stereocenters. The number of nitrogens with zero attached hydrogens (tertiary/aromatic N) is 2.